The van der Waals surface area contributed by atoms with Gasteiger partial charge < -0.3 is 21.3 Å². The van der Waals surface area contributed by atoms with E-state index in [1.165, 1.54) is 11.9 Å². The van der Waals surface area contributed by atoms with E-state index in [1.54, 1.807) is 6.07 Å². The van der Waals surface area contributed by atoms with E-state index in [1.807, 2.05) is 30.4 Å². The second-order valence-electron chi connectivity index (χ2n) is 5.89. The van der Waals surface area contributed by atoms with Gasteiger partial charge in [-0.25, -0.2) is 0 Å². The van der Waals surface area contributed by atoms with Crippen molar-refractivity contribution in [2.75, 3.05) is 26.7 Å². The van der Waals surface area contributed by atoms with Gasteiger partial charge in [0.2, 0.25) is 17.7 Å². The molecular formula is C18H24N4O3. The highest BCUT2D eigenvalue weighted by Gasteiger charge is 2.28. The number of allylic oxidation sites excluding steroid dienone is 1. The summed E-state index contributed by atoms with van der Waals surface area (Å²) < 4.78 is 0. The van der Waals surface area contributed by atoms with Crippen molar-refractivity contribution < 1.29 is 14.4 Å². The predicted molar refractivity (Wildman–Crippen MR) is 95.3 cm³/mol. The van der Waals surface area contributed by atoms with E-state index >= 15 is 0 Å². The summed E-state index contributed by atoms with van der Waals surface area (Å²) in [5.41, 5.74) is 7.05. The summed E-state index contributed by atoms with van der Waals surface area (Å²) >= 11 is 0. The fourth-order valence-corrected chi connectivity index (χ4v) is 2.67. The molecule has 1 aliphatic rings. The third-order valence-corrected chi connectivity index (χ3v) is 4.03. The van der Waals surface area contributed by atoms with Crippen LogP contribution < -0.4 is 16.4 Å². The van der Waals surface area contributed by atoms with Crippen LogP contribution in [0.3, 0.4) is 0 Å². The first kappa shape index (κ1) is 18.7. The minimum absolute atomic E-state index is 0.129. The topological polar surface area (TPSA) is 105 Å². The molecule has 1 heterocycles. The Bertz CT molecular complexity index is 672. The number of amides is 3. The molecule has 134 valence electrons. The summed E-state index contributed by atoms with van der Waals surface area (Å²) in [6.45, 7) is 0.226. The lowest BCUT2D eigenvalue weighted by Crippen LogP contribution is -2.46. The first-order valence-electron chi connectivity index (χ1n) is 8.29. The molecule has 4 N–H and O–H groups in total. The van der Waals surface area contributed by atoms with Crippen molar-refractivity contribution in [3.63, 3.8) is 0 Å². The van der Waals surface area contributed by atoms with Crippen LogP contribution in [0.4, 0.5) is 0 Å². The predicted octanol–water partition coefficient (Wildman–Crippen LogP) is 0.184. The van der Waals surface area contributed by atoms with Crippen LogP contribution in [0.1, 0.15) is 30.0 Å². The number of hydrogen-bond acceptors (Lipinski definition) is 4. The molecule has 1 aromatic carbocycles. The molecule has 1 unspecified atom stereocenters. The molecule has 1 atom stereocenters. The first-order chi connectivity index (χ1) is 12.0. The Morgan fingerprint density at radius 2 is 2.12 bits per heavy atom. The van der Waals surface area contributed by atoms with Gasteiger partial charge in [0, 0.05) is 13.6 Å². The van der Waals surface area contributed by atoms with E-state index < -0.39 is 11.9 Å². The molecule has 0 aromatic heterocycles. The van der Waals surface area contributed by atoms with Gasteiger partial charge in [-0.3, -0.25) is 14.4 Å². The van der Waals surface area contributed by atoms with Crippen LogP contribution in [-0.4, -0.2) is 49.3 Å². The van der Waals surface area contributed by atoms with Gasteiger partial charge in [0.05, 0.1) is 13.1 Å². The Kier molecular flexibility index (Phi) is 6.71. The van der Waals surface area contributed by atoms with Crippen LogP contribution in [0.25, 0.3) is 6.08 Å². The van der Waals surface area contributed by atoms with Crippen LogP contribution in [-0.2, 0) is 14.4 Å². The molecule has 0 fully saturated rings. The van der Waals surface area contributed by atoms with Crippen molar-refractivity contribution in [2.45, 2.75) is 18.9 Å². The van der Waals surface area contributed by atoms with Crippen LogP contribution in [0, 0.1) is 0 Å². The summed E-state index contributed by atoms with van der Waals surface area (Å²) in [5.74, 6) is -1.03. The molecule has 1 aromatic rings. The Balaban J connectivity index is 2.38. The van der Waals surface area contributed by atoms with Gasteiger partial charge in [0.25, 0.3) is 0 Å². The number of likely N-dealkylation sites (N-methyl/N-ethyl adjacent to an activating group) is 1. The van der Waals surface area contributed by atoms with Gasteiger partial charge in [-0.05, 0) is 30.0 Å². The number of nitrogens with zero attached hydrogens (tertiary/aromatic N) is 1. The molecule has 7 nitrogen and oxygen atoms in total. The number of nitrogens with two attached hydrogens (primary N) is 1. The van der Waals surface area contributed by atoms with E-state index in [4.69, 9.17) is 5.73 Å². The minimum atomic E-state index is -0.847. The largest absolute Gasteiger partial charge is 0.355 e. The van der Waals surface area contributed by atoms with E-state index in [2.05, 4.69) is 10.6 Å². The van der Waals surface area contributed by atoms with Gasteiger partial charge in [-0.2, -0.15) is 0 Å². The quantitative estimate of drug-likeness (QED) is 0.712. The fraction of sp³-hybridized carbons (Fsp3) is 0.389. The van der Waals surface area contributed by atoms with E-state index in [9.17, 15) is 14.4 Å². The Labute approximate surface area is 147 Å². The molecule has 7 heteroatoms. The molecule has 2 bridgehead atoms. The molecule has 0 spiro atoms. The van der Waals surface area contributed by atoms with Gasteiger partial charge in [-0.15, -0.1) is 0 Å². The summed E-state index contributed by atoms with van der Waals surface area (Å²) in [6.07, 6.45) is 5.66. The summed E-state index contributed by atoms with van der Waals surface area (Å²) in [6, 6.07) is 6.59. The summed E-state index contributed by atoms with van der Waals surface area (Å²) in [5, 5.41) is 5.36. The number of nitrogens with one attached hydrogen (secondary N) is 2. The number of fused-ring (bicyclic) bond motifs is 2. The fourth-order valence-electron chi connectivity index (χ4n) is 2.67. The van der Waals surface area contributed by atoms with E-state index in [-0.39, 0.29) is 24.9 Å². The molecule has 0 radical (unpaired) electrons. The van der Waals surface area contributed by atoms with Crippen LogP contribution >= 0.6 is 0 Å². The van der Waals surface area contributed by atoms with Gasteiger partial charge in [0.15, 0.2) is 0 Å². The Morgan fingerprint density at radius 3 is 2.88 bits per heavy atom. The molecule has 0 aliphatic carbocycles. The lowest BCUT2D eigenvalue weighted by molar-refractivity contribution is -0.138. The zero-order valence-corrected chi connectivity index (χ0v) is 14.3. The normalized spacial score (nSPS) is 20.0. The van der Waals surface area contributed by atoms with E-state index in [0.29, 0.717) is 12.1 Å². The average molecular weight is 344 g/mol. The second-order valence-corrected chi connectivity index (χ2v) is 5.89. The highest BCUT2D eigenvalue weighted by atomic mass is 16.2. The number of rotatable bonds is 2. The van der Waals surface area contributed by atoms with Gasteiger partial charge in [-0.1, -0.05) is 30.4 Å². The maximum absolute atomic E-state index is 12.7. The minimum Gasteiger partial charge on any atom is -0.355 e. The third kappa shape index (κ3) is 5.15. The van der Waals surface area contributed by atoms with E-state index in [0.717, 1.165) is 18.4 Å². The third-order valence-electron chi connectivity index (χ3n) is 4.03. The Morgan fingerprint density at radius 1 is 1.32 bits per heavy atom. The van der Waals surface area contributed by atoms with Crippen LogP contribution in [0.15, 0.2) is 30.3 Å². The first-order valence-corrected chi connectivity index (χ1v) is 8.29. The molecule has 0 saturated heterocycles. The maximum atomic E-state index is 12.7. The zero-order valence-electron chi connectivity index (χ0n) is 14.3. The number of benzene rings is 1. The van der Waals surface area contributed by atoms with Crippen molar-refractivity contribution in [3.8, 4) is 0 Å². The highest BCUT2D eigenvalue weighted by molar-refractivity contribution is 5.91. The van der Waals surface area contributed by atoms with Crippen molar-refractivity contribution in [1.29, 1.82) is 0 Å². The van der Waals surface area contributed by atoms with Crippen molar-refractivity contribution in [2.24, 2.45) is 5.73 Å². The van der Waals surface area contributed by atoms with Crippen LogP contribution in [0.2, 0.25) is 0 Å². The van der Waals surface area contributed by atoms with Crippen molar-refractivity contribution in [1.82, 2.24) is 15.5 Å². The number of carbonyl (C=O) groups excluding carboxylic acids is 3. The lowest BCUT2D eigenvalue weighted by Gasteiger charge is -2.27. The van der Waals surface area contributed by atoms with Gasteiger partial charge >= 0.3 is 0 Å². The smallest absolute Gasteiger partial charge is 0.247 e. The SMILES string of the molecule is CN(C(=O)CN)C1C(=O)NCC(=O)NCCC/C=C/c2cccc1c2. The highest BCUT2D eigenvalue weighted by Crippen LogP contribution is 2.22. The number of hydrogen-bond donors (Lipinski definition) is 3. The van der Waals surface area contributed by atoms with Crippen LogP contribution in [0.5, 0.6) is 0 Å². The molecule has 2 rings (SSSR count). The molecular weight excluding hydrogens is 320 g/mol. The summed E-state index contributed by atoms with van der Waals surface area (Å²) in [7, 11) is 1.53. The average Bonchev–Trinajstić information content (AvgIpc) is 2.62. The number of carbonyl (C=O) groups is 3. The molecule has 0 saturated carbocycles. The maximum Gasteiger partial charge on any atom is 0.247 e. The van der Waals surface area contributed by atoms with Crippen molar-refractivity contribution in [3.05, 3.63) is 41.5 Å². The standard InChI is InChI=1S/C18H24N4O3/c1-22(16(24)11-19)17-14-8-5-7-13(10-14)6-3-2-4-9-20-15(23)12-21-18(17)25/h3,5-8,10,17H,2,4,9,11-12,19H2,1H3,(H,20,23)(H,21,25)/b6-3+. The Hall–Kier alpha value is -2.67. The molecule has 3 amide bonds. The van der Waals surface area contributed by atoms with Gasteiger partial charge in [0.1, 0.15) is 6.04 Å². The zero-order chi connectivity index (χ0) is 18.2. The molecule has 25 heavy (non-hydrogen) atoms. The van der Waals surface area contributed by atoms with Crippen molar-refractivity contribution >= 4 is 23.8 Å². The molecule has 1 aliphatic heterocycles. The lowest BCUT2D eigenvalue weighted by atomic mass is 10.0. The second kappa shape index (κ2) is 8.98. The summed E-state index contributed by atoms with van der Waals surface area (Å²) in [4.78, 5) is 37.8. The monoisotopic (exact) mass is 344 g/mol.